The maximum atomic E-state index is 6.05. The average molecular weight is 220 g/mol. The maximum Gasteiger partial charge on any atom is 0.132 e. The van der Waals surface area contributed by atoms with Gasteiger partial charge in [0.25, 0.3) is 0 Å². The second-order valence-electron chi connectivity index (χ2n) is 4.58. The third-order valence-electron chi connectivity index (χ3n) is 3.21. The molecule has 0 aromatic carbocycles. The van der Waals surface area contributed by atoms with Crippen LogP contribution in [0.1, 0.15) is 32.0 Å². The van der Waals surface area contributed by atoms with E-state index < -0.39 is 0 Å². The van der Waals surface area contributed by atoms with Crippen LogP contribution in [0, 0.1) is 6.92 Å². The minimum Gasteiger partial charge on any atom is -0.352 e. The Morgan fingerprint density at radius 3 is 3.00 bits per heavy atom. The van der Waals surface area contributed by atoms with Gasteiger partial charge in [-0.3, -0.25) is 0 Å². The van der Waals surface area contributed by atoms with Crippen LogP contribution in [0.25, 0.3) is 0 Å². The number of hydrogen-bond acceptors (Lipinski definition) is 4. The van der Waals surface area contributed by atoms with E-state index in [0.29, 0.717) is 6.04 Å². The first-order valence-electron chi connectivity index (χ1n) is 6.00. The Hall–Kier alpha value is -1.16. The Morgan fingerprint density at radius 1 is 1.50 bits per heavy atom. The standard InChI is InChI=1S/C12H20N4/c1-9(13)11-5-3-4-8-16(11)12-6-7-14-10(2)15-12/h6-7,9,11H,3-5,8,13H2,1-2H3. The van der Waals surface area contributed by atoms with Crippen LogP contribution >= 0.6 is 0 Å². The first-order chi connectivity index (χ1) is 7.68. The zero-order chi connectivity index (χ0) is 11.5. The summed E-state index contributed by atoms with van der Waals surface area (Å²) in [6.45, 7) is 5.06. The van der Waals surface area contributed by atoms with Gasteiger partial charge in [-0.15, -0.1) is 0 Å². The van der Waals surface area contributed by atoms with E-state index in [1.165, 1.54) is 19.3 Å². The Bertz CT molecular complexity index is 351. The quantitative estimate of drug-likeness (QED) is 0.820. The third kappa shape index (κ3) is 2.32. The zero-order valence-electron chi connectivity index (χ0n) is 10.1. The van der Waals surface area contributed by atoms with Gasteiger partial charge in [0, 0.05) is 24.8 Å². The molecule has 0 aliphatic carbocycles. The van der Waals surface area contributed by atoms with E-state index in [4.69, 9.17) is 5.73 Å². The molecule has 4 nitrogen and oxygen atoms in total. The van der Waals surface area contributed by atoms with Crippen molar-refractivity contribution >= 4 is 5.82 Å². The summed E-state index contributed by atoms with van der Waals surface area (Å²) < 4.78 is 0. The molecule has 1 aromatic rings. The van der Waals surface area contributed by atoms with Gasteiger partial charge in [-0.2, -0.15) is 0 Å². The van der Waals surface area contributed by atoms with Crippen molar-refractivity contribution < 1.29 is 0 Å². The highest BCUT2D eigenvalue weighted by atomic mass is 15.2. The van der Waals surface area contributed by atoms with E-state index in [9.17, 15) is 0 Å². The number of piperidine rings is 1. The first-order valence-corrected chi connectivity index (χ1v) is 6.00. The minimum atomic E-state index is 0.190. The van der Waals surface area contributed by atoms with E-state index >= 15 is 0 Å². The zero-order valence-corrected chi connectivity index (χ0v) is 10.1. The summed E-state index contributed by atoms with van der Waals surface area (Å²) >= 11 is 0. The van der Waals surface area contributed by atoms with Gasteiger partial charge in [0.05, 0.1) is 0 Å². The lowest BCUT2D eigenvalue weighted by Gasteiger charge is -2.38. The van der Waals surface area contributed by atoms with Gasteiger partial charge >= 0.3 is 0 Å². The second kappa shape index (κ2) is 4.78. The topological polar surface area (TPSA) is 55.0 Å². The van der Waals surface area contributed by atoms with Crippen molar-refractivity contribution in [3.63, 3.8) is 0 Å². The number of nitrogens with two attached hydrogens (primary N) is 1. The van der Waals surface area contributed by atoms with E-state index in [-0.39, 0.29) is 6.04 Å². The van der Waals surface area contributed by atoms with Crippen LogP contribution < -0.4 is 10.6 Å². The molecule has 16 heavy (non-hydrogen) atoms. The lowest BCUT2D eigenvalue weighted by atomic mass is 9.97. The molecule has 0 radical (unpaired) electrons. The molecule has 2 rings (SSSR count). The first kappa shape index (κ1) is 11.3. The fourth-order valence-electron chi connectivity index (χ4n) is 2.39. The van der Waals surface area contributed by atoms with Crippen LogP contribution in [0.15, 0.2) is 12.3 Å². The van der Waals surface area contributed by atoms with Crippen LogP contribution in [0.4, 0.5) is 5.82 Å². The largest absolute Gasteiger partial charge is 0.352 e. The normalized spacial score (nSPS) is 23.2. The summed E-state index contributed by atoms with van der Waals surface area (Å²) in [6, 6.07) is 2.59. The molecule has 1 fully saturated rings. The molecule has 2 N–H and O–H groups in total. The highest BCUT2D eigenvalue weighted by Crippen LogP contribution is 2.24. The molecular formula is C12H20N4. The van der Waals surface area contributed by atoms with E-state index in [1.54, 1.807) is 0 Å². The third-order valence-corrected chi connectivity index (χ3v) is 3.21. The predicted octanol–water partition coefficient (Wildman–Crippen LogP) is 1.49. The predicted molar refractivity (Wildman–Crippen MR) is 65.4 cm³/mol. The highest BCUT2D eigenvalue weighted by Gasteiger charge is 2.26. The van der Waals surface area contributed by atoms with Crippen molar-refractivity contribution in [2.45, 2.75) is 45.2 Å². The Balaban J connectivity index is 2.23. The number of nitrogens with zero attached hydrogens (tertiary/aromatic N) is 3. The van der Waals surface area contributed by atoms with E-state index in [1.807, 2.05) is 19.2 Å². The van der Waals surface area contributed by atoms with Crippen molar-refractivity contribution in [2.24, 2.45) is 5.73 Å². The second-order valence-corrected chi connectivity index (χ2v) is 4.58. The van der Waals surface area contributed by atoms with Gasteiger partial charge in [0.2, 0.25) is 0 Å². The molecule has 88 valence electrons. The van der Waals surface area contributed by atoms with Crippen LogP contribution in [-0.2, 0) is 0 Å². The van der Waals surface area contributed by atoms with E-state index in [2.05, 4.69) is 21.8 Å². The number of aryl methyl sites for hydroxylation is 1. The lowest BCUT2D eigenvalue weighted by molar-refractivity contribution is 0.410. The molecule has 2 atom stereocenters. The van der Waals surface area contributed by atoms with Gasteiger partial charge in [0.15, 0.2) is 0 Å². The van der Waals surface area contributed by atoms with Gasteiger partial charge < -0.3 is 10.6 Å². The van der Waals surface area contributed by atoms with E-state index in [0.717, 1.165) is 18.2 Å². The number of aromatic nitrogens is 2. The Kier molecular flexibility index (Phi) is 3.39. The van der Waals surface area contributed by atoms with Crippen LogP contribution in [0.5, 0.6) is 0 Å². The molecule has 0 saturated carbocycles. The van der Waals surface area contributed by atoms with Gasteiger partial charge in [-0.05, 0) is 39.2 Å². The molecule has 1 aliphatic rings. The smallest absolute Gasteiger partial charge is 0.132 e. The van der Waals surface area contributed by atoms with Crippen LogP contribution in [0.3, 0.4) is 0 Å². The van der Waals surface area contributed by atoms with Crippen molar-refractivity contribution in [1.29, 1.82) is 0 Å². The molecule has 2 heterocycles. The monoisotopic (exact) mass is 220 g/mol. The molecule has 4 heteroatoms. The Morgan fingerprint density at radius 2 is 2.31 bits per heavy atom. The van der Waals surface area contributed by atoms with Gasteiger partial charge in [0.1, 0.15) is 11.6 Å². The van der Waals surface area contributed by atoms with Gasteiger partial charge in [-0.1, -0.05) is 0 Å². The maximum absolute atomic E-state index is 6.05. The molecule has 0 bridgehead atoms. The Labute approximate surface area is 96.9 Å². The average Bonchev–Trinajstić information content (AvgIpc) is 2.29. The fourth-order valence-corrected chi connectivity index (χ4v) is 2.39. The molecule has 0 amide bonds. The number of anilines is 1. The summed E-state index contributed by atoms with van der Waals surface area (Å²) in [6.07, 6.45) is 5.49. The lowest BCUT2D eigenvalue weighted by Crippen LogP contribution is -2.49. The molecular weight excluding hydrogens is 200 g/mol. The fraction of sp³-hybridized carbons (Fsp3) is 0.667. The molecule has 0 spiro atoms. The highest BCUT2D eigenvalue weighted by molar-refractivity contribution is 5.40. The number of rotatable bonds is 2. The summed E-state index contributed by atoms with van der Waals surface area (Å²) in [7, 11) is 0. The summed E-state index contributed by atoms with van der Waals surface area (Å²) in [5.74, 6) is 1.85. The minimum absolute atomic E-state index is 0.190. The van der Waals surface area contributed by atoms with Crippen LogP contribution in [-0.4, -0.2) is 28.6 Å². The molecule has 1 saturated heterocycles. The van der Waals surface area contributed by atoms with Crippen molar-refractivity contribution in [3.05, 3.63) is 18.1 Å². The van der Waals surface area contributed by atoms with Crippen molar-refractivity contribution in [1.82, 2.24) is 9.97 Å². The molecule has 2 unspecified atom stereocenters. The van der Waals surface area contributed by atoms with Crippen molar-refractivity contribution in [2.75, 3.05) is 11.4 Å². The van der Waals surface area contributed by atoms with Gasteiger partial charge in [-0.25, -0.2) is 9.97 Å². The molecule has 1 aliphatic heterocycles. The SMILES string of the molecule is Cc1nccc(N2CCCCC2C(C)N)n1. The molecule has 1 aromatic heterocycles. The van der Waals surface area contributed by atoms with Crippen molar-refractivity contribution in [3.8, 4) is 0 Å². The summed E-state index contributed by atoms with van der Waals surface area (Å²) in [5.41, 5.74) is 6.05. The number of hydrogen-bond donors (Lipinski definition) is 1. The van der Waals surface area contributed by atoms with Crippen LogP contribution in [0.2, 0.25) is 0 Å². The summed E-state index contributed by atoms with van der Waals surface area (Å²) in [4.78, 5) is 11.0. The summed E-state index contributed by atoms with van der Waals surface area (Å²) in [5, 5.41) is 0.